The van der Waals surface area contributed by atoms with Gasteiger partial charge in [0.15, 0.2) is 0 Å². The Balaban J connectivity index is 1.97. The van der Waals surface area contributed by atoms with Crippen molar-refractivity contribution in [2.45, 2.75) is 18.7 Å². The Morgan fingerprint density at radius 1 is 1.04 bits per heavy atom. The monoisotopic (exact) mass is 362 g/mol. The average molecular weight is 362 g/mol. The summed E-state index contributed by atoms with van der Waals surface area (Å²) in [6, 6.07) is 12.1. The van der Waals surface area contributed by atoms with Crippen molar-refractivity contribution in [1.29, 1.82) is 0 Å². The van der Waals surface area contributed by atoms with Crippen molar-refractivity contribution in [3.63, 3.8) is 0 Å². The number of aryl methyl sites for hydroxylation is 2. The highest BCUT2D eigenvalue weighted by Gasteiger charge is 2.20. The summed E-state index contributed by atoms with van der Waals surface area (Å²) < 4.78 is 32.7. The number of amides is 1. The van der Waals surface area contributed by atoms with Crippen LogP contribution >= 0.6 is 0 Å². The van der Waals surface area contributed by atoms with Gasteiger partial charge in [0.1, 0.15) is 5.75 Å². The first-order chi connectivity index (χ1) is 11.8. The molecular formula is C18H22N2O4S. The summed E-state index contributed by atoms with van der Waals surface area (Å²) in [5.74, 6) is 0.376. The minimum atomic E-state index is -3.67. The number of ether oxygens (including phenoxy) is 1. The molecule has 7 heteroatoms. The predicted molar refractivity (Wildman–Crippen MR) is 96.4 cm³/mol. The molecule has 0 aliphatic carbocycles. The highest BCUT2D eigenvalue weighted by Crippen LogP contribution is 2.25. The molecule has 2 aromatic rings. The molecule has 0 spiro atoms. The van der Waals surface area contributed by atoms with Gasteiger partial charge < -0.3 is 10.1 Å². The van der Waals surface area contributed by atoms with Crippen LogP contribution in [0.2, 0.25) is 0 Å². The predicted octanol–water partition coefficient (Wildman–Crippen LogP) is 2.02. The summed E-state index contributed by atoms with van der Waals surface area (Å²) >= 11 is 0. The number of hydrogen-bond acceptors (Lipinski definition) is 4. The zero-order valence-electron chi connectivity index (χ0n) is 14.5. The van der Waals surface area contributed by atoms with Gasteiger partial charge in [-0.2, -0.15) is 0 Å². The Labute approximate surface area is 148 Å². The maximum absolute atomic E-state index is 12.5. The minimum Gasteiger partial charge on any atom is -0.497 e. The van der Waals surface area contributed by atoms with E-state index in [1.54, 1.807) is 50.2 Å². The number of rotatable bonds is 7. The molecule has 0 heterocycles. The van der Waals surface area contributed by atoms with Crippen LogP contribution < -0.4 is 14.8 Å². The molecule has 0 aromatic heterocycles. The van der Waals surface area contributed by atoms with Gasteiger partial charge in [0.05, 0.1) is 12.0 Å². The number of hydrogen-bond donors (Lipinski definition) is 2. The Bertz CT molecular complexity index is 826. The quantitative estimate of drug-likeness (QED) is 0.738. The number of benzene rings is 2. The Hall–Kier alpha value is -2.38. The molecule has 25 heavy (non-hydrogen) atoms. The van der Waals surface area contributed by atoms with Gasteiger partial charge in [-0.25, -0.2) is 13.1 Å². The highest BCUT2D eigenvalue weighted by atomic mass is 32.2. The zero-order chi connectivity index (χ0) is 18.4. The average Bonchev–Trinajstić information content (AvgIpc) is 2.58. The number of carbonyl (C=O) groups excluding carboxylic acids is 1. The van der Waals surface area contributed by atoms with E-state index < -0.39 is 10.0 Å². The summed E-state index contributed by atoms with van der Waals surface area (Å²) in [7, 11) is -2.13. The van der Waals surface area contributed by atoms with E-state index in [4.69, 9.17) is 4.74 Å². The van der Waals surface area contributed by atoms with Gasteiger partial charge in [-0.1, -0.05) is 18.2 Å². The fraction of sp³-hybridized carbons (Fsp3) is 0.278. The second kappa shape index (κ2) is 8.13. The van der Waals surface area contributed by atoms with Crippen molar-refractivity contribution in [3.8, 4) is 5.75 Å². The van der Waals surface area contributed by atoms with Gasteiger partial charge in [0.25, 0.3) is 5.91 Å². The van der Waals surface area contributed by atoms with Crippen molar-refractivity contribution in [1.82, 2.24) is 10.0 Å². The molecule has 6 nitrogen and oxygen atoms in total. The molecule has 0 unspecified atom stereocenters. The van der Waals surface area contributed by atoms with E-state index in [0.717, 1.165) is 0 Å². The van der Waals surface area contributed by atoms with Gasteiger partial charge >= 0.3 is 0 Å². The third-order valence-corrected chi connectivity index (χ3v) is 5.44. The lowest BCUT2D eigenvalue weighted by Gasteiger charge is -2.14. The number of carbonyl (C=O) groups is 1. The van der Waals surface area contributed by atoms with Gasteiger partial charge in [-0.05, 0) is 49.2 Å². The van der Waals surface area contributed by atoms with Crippen LogP contribution in [0.25, 0.3) is 0 Å². The van der Waals surface area contributed by atoms with E-state index in [1.165, 1.54) is 7.11 Å². The topological polar surface area (TPSA) is 84.5 Å². The van der Waals surface area contributed by atoms with Gasteiger partial charge in [-0.3, -0.25) is 4.79 Å². The molecule has 0 saturated carbocycles. The summed E-state index contributed by atoms with van der Waals surface area (Å²) in [6.45, 7) is 3.75. The van der Waals surface area contributed by atoms with Crippen LogP contribution in [0.1, 0.15) is 21.5 Å². The zero-order valence-corrected chi connectivity index (χ0v) is 15.3. The first-order valence-electron chi connectivity index (χ1n) is 7.83. The Morgan fingerprint density at radius 2 is 1.64 bits per heavy atom. The molecule has 0 atom stereocenters. The first-order valence-corrected chi connectivity index (χ1v) is 9.31. The maximum Gasteiger partial charge on any atom is 0.251 e. The fourth-order valence-corrected chi connectivity index (χ4v) is 4.06. The van der Waals surface area contributed by atoms with E-state index in [2.05, 4.69) is 10.0 Å². The van der Waals surface area contributed by atoms with E-state index in [-0.39, 0.29) is 23.9 Å². The standard InChI is InChI=1S/C18H22N2O4S/c1-13-11-16(24-3)12-14(2)17(13)25(22,23)20-10-9-19-18(21)15-7-5-4-6-8-15/h4-8,11-12,20H,9-10H2,1-3H3,(H,19,21). The van der Waals surface area contributed by atoms with Crippen LogP contribution in [-0.4, -0.2) is 34.5 Å². The molecule has 0 saturated heterocycles. The lowest BCUT2D eigenvalue weighted by atomic mass is 10.1. The van der Waals surface area contributed by atoms with Gasteiger partial charge in [0, 0.05) is 18.7 Å². The number of nitrogens with one attached hydrogen (secondary N) is 2. The number of methoxy groups -OCH3 is 1. The molecule has 0 fully saturated rings. The summed E-state index contributed by atoms with van der Waals surface area (Å²) in [6.07, 6.45) is 0. The summed E-state index contributed by atoms with van der Waals surface area (Å²) in [5.41, 5.74) is 1.75. The highest BCUT2D eigenvalue weighted by molar-refractivity contribution is 7.89. The SMILES string of the molecule is COc1cc(C)c(S(=O)(=O)NCCNC(=O)c2ccccc2)c(C)c1. The van der Waals surface area contributed by atoms with Crippen molar-refractivity contribution < 1.29 is 17.9 Å². The normalized spacial score (nSPS) is 11.2. The van der Waals surface area contributed by atoms with Crippen molar-refractivity contribution in [2.24, 2.45) is 0 Å². The molecule has 2 rings (SSSR count). The maximum atomic E-state index is 12.5. The first kappa shape index (κ1) is 19.0. The van der Waals surface area contributed by atoms with Crippen LogP contribution in [0.3, 0.4) is 0 Å². The second-order valence-corrected chi connectivity index (χ2v) is 7.31. The molecule has 0 aliphatic rings. The fourth-order valence-electron chi connectivity index (χ4n) is 2.58. The van der Waals surface area contributed by atoms with Crippen LogP contribution in [0.15, 0.2) is 47.4 Å². The minimum absolute atomic E-state index is 0.103. The van der Waals surface area contributed by atoms with Crippen molar-refractivity contribution in [3.05, 3.63) is 59.2 Å². The third-order valence-electron chi connectivity index (χ3n) is 3.68. The molecule has 0 bridgehead atoms. The molecular weight excluding hydrogens is 340 g/mol. The molecule has 134 valence electrons. The van der Waals surface area contributed by atoms with Gasteiger partial charge in [-0.15, -0.1) is 0 Å². The van der Waals surface area contributed by atoms with Crippen LogP contribution in [0.4, 0.5) is 0 Å². The van der Waals surface area contributed by atoms with E-state index >= 15 is 0 Å². The van der Waals surface area contributed by atoms with E-state index in [0.29, 0.717) is 22.4 Å². The smallest absolute Gasteiger partial charge is 0.251 e. The largest absolute Gasteiger partial charge is 0.497 e. The summed E-state index contributed by atoms with van der Waals surface area (Å²) in [5, 5.41) is 2.68. The number of sulfonamides is 1. The van der Waals surface area contributed by atoms with E-state index in [9.17, 15) is 13.2 Å². The Kier molecular flexibility index (Phi) is 6.17. The van der Waals surface area contributed by atoms with Crippen LogP contribution in [-0.2, 0) is 10.0 Å². The lowest BCUT2D eigenvalue weighted by Crippen LogP contribution is -2.35. The molecule has 1 amide bonds. The molecule has 0 radical (unpaired) electrons. The summed E-state index contributed by atoms with van der Waals surface area (Å²) in [4.78, 5) is 12.2. The Morgan fingerprint density at radius 3 is 2.20 bits per heavy atom. The third kappa shape index (κ3) is 4.80. The lowest BCUT2D eigenvalue weighted by molar-refractivity contribution is 0.0954. The van der Waals surface area contributed by atoms with Gasteiger partial charge in [0.2, 0.25) is 10.0 Å². The van der Waals surface area contributed by atoms with Crippen molar-refractivity contribution >= 4 is 15.9 Å². The second-order valence-electron chi connectivity index (χ2n) is 5.61. The molecule has 2 aromatic carbocycles. The van der Waals surface area contributed by atoms with Crippen LogP contribution in [0.5, 0.6) is 5.75 Å². The van der Waals surface area contributed by atoms with Crippen molar-refractivity contribution in [2.75, 3.05) is 20.2 Å². The molecule has 0 aliphatic heterocycles. The molecule has 2 N–H and O–H groups in total. The van der Waals surface area contributed by atoms with E-state index in [1.807, 2.05) is 6.07 Å². The van der Waals surface area contributed by atoms with Crippen LogP contribution in [0, 0.1) is 13.8 Å².